The van der Waals surface area contributed by atoms with Gasteiger partial charge in [-0.2, -0.15) is 5.10 Å². The van der Waals surface area contributed by atoms with E-state index in [9.17, 15) is 10.2 Å². The Morgan fingerprint density at radius 1 is 1.08 bits per heavy atom. The summed E-state index contributed by atoms with van der Waals surface area (Å²) in [6, 6.07) is 2.08. The topological polar surface area (TPSA) is 76.1 Å². The van der Waals surface area contributed by atoms with Crippen molar-refractivity contribution in [1.82, 2.24) is 19.3 Å². The minimum atomic E-state index is -0.464. The maximum absolute atomic E-state index is 10.7. The average molecular weight is 358 g/mol. The van der Waals surface area contributed by atoms with Gasteiger partial charge in [0.05, 0.1) is 41.8 Å². The van der Waals surface area contributed by atoms with Crippen LogP contribution in [0.25, 0.3) is 0 Å². The lowest BCUT2D eigenvalue weighted by Crippen LogP contribution is -2.29. The number of aliphatic hydroxyl groups is 2. The molecular formula is C20H30N4O2. The maximum atomic E-state index is 10.7. The molecule has 142 valence electrons. The first-order valence-electron chi connectivity index (χ1n) is 9.88. The summed E-state index contributed by atoms with van der Waals surface area (Å²) in [6.07, 6.45) is 5.46. The molecule has 4 rings (SSSR count). The monoisotopic (exact) mass is 358 g/mol. The predicted molar refractivity (Wildman–Crippen MR) is 98.3 cm³/mol. The molecule has 2 N–H and O–H groups in total. The summed E-state index contributed by atoms with van der Waals surface area (Å²) in [6.45, 7) is 8.35. The summed E-state index contributed by atoms with van der Waals surface area (Å²) >= 11 is 0. The zero-order valence-corrected chi connectivity index (χ0v) is 15.9. The first-order valence-corrected chi connectivity index (χ1v) is 9.88. The van der Waals surface area contributed by atoms with Gasteiger partial charge in [0.2, 0.25) is 0 Å². The molecule has 2 aliphatic rings. The molecule has 6 heteroatoms. The maximum Gasteiger partial charge on any atom is 0.0987 e. The van der Waals surface area contributed by atoms with E-state index in [1.165, 1.54) is 0 Å². The van der Waals surface area contributed by atoms with Crippen LogP contribution in [0.15, 0.2) is 18.6 Å². The van der Waals surface area contributed by atoms with Crippen molar-refractivity contribution >= 4 is 0 Å². The normalized spacial score (nSPS) is 29.5. The minimum absolute atomic E-state index is 0.214. The lowest BCUT2D eigenvalue weighted by molar-refractivity contribution is 0.0456. The summed E-state index contributed by atoms with van der Waals surface area (Å²) in [4.78, 5) is 4.17. The summed E-state index contributed by atoms with van der Waals surface area (Å²) in [7, 11) is 0. The molecule has 0 bridgehead atoms. The average Bonchev–Trinajstić information content (AvgIpc) is 3.22. The fraction of sp³-hybridized carbons (Fsp3) is 0.700. The zero-order valence-electron chi connectivity index (χ0n) is 15.9. The molecule has 0 fully saturated rings. The third-order valence-corrected chi connectivity index (χ3v) is 6.52. The fourth-order valence-corrected chi connectivity index (χ4v) is 4.86. The van der Waals surface area contributed by atoms with Gasteiger partial charge >= 0.3 is 0 Å². The molecule has 0 radical (unpaired) electrons. The first-order chi connectivity index (χ1) is 12.5. The highest BCUT2D eigenvalue weighted by molar-refractivity contribution is 5.17. The molecule has 26 heavy (non-hydrogen) atoms. The van der Waals surface area contributed by atoms with Crippen molar-refractivity contribution in [3.8, 4) is 0 Å². The third-order valence-electron chi connectivity index (χ3n) is 6.52. The van der Waals surface area contributed by atoms with E-state index in [2.05, 4.69) is 31.8 Å². The van der Waals surface area contributed by atoms with Crippen molar-refractivity contribution < 1.29 is 10.2 Å². The third kappa shape index (κ3) is 2.99. The highest BCUT2D eigenvalue weighted by Crippen LogP contribution is 2.38. The number of aromatic nitrogens is 4. The number of aliphatic hydroxyl groups excluding tert-OH is 2. The molecule has 0 aliphatic carbocycles. The van der Waals surface area contributed by atoms with E-state index in [0.29, 0.717) is 17.8 Å². The number of rotatable bonds is 4. The molecule has 0 saturated carbocycles. The van der Waals surface area contributed by atoms with Gasteiger partial charge in [-0.1, -0.05) is 20.8 Å². The van der Waals surface area contributed by atoms with E-state index in [-0.39, 0.29) is 5.92 Å². The van der Waals surface area contributed by atoms with Gasteiger partial charge in [-0.3, -0.25) is 4.68 Å². The van der Waals surface area contributed by atoms with Crippen LogP contribution < -0.4 is 0 Å². The fourth-order valence-electron chi connectivity index (χ4n) is 4.86. The van der Waals surface area contributed by atoms with E-state index in [4.69, 9.17) is 5.10 Å². The molecule has 0 aromatic carbocycles. The number of imidazole rings is 1. The van der Waals surface area contributed by atoms with Crippen molar-refractivity contribution in [3.63, 3.8) is 0 Å². The zero-order chi connectivity index (χ0) is 18.4. The Kier molecular flexibility index (Phi) is 4.65. The Balaban J connectivity index is 1.48. The predicted octanol–water partition coefficient (Wildman–Crippen LogP) is 2.72. The summed E-state index contributed by atoms with van der Waals surface area (Å²) in [5.74, 6) is 1.32. The second kappa shape index (κ2) is 6.82. The molecule has 0 spiro atoms. The number of fused-ring (bicyclic) bond motifs is 2. The van der Waals surface area contributed by atoms with Crippen LogP contribution in [-0.2, 0) is 19.5 Å². The standard InChI is InChI=1S/C20H30N4O2/c1-12(2)15-5-7-24-17(19(15)25)9-14(22-24)8-13(3)16-4-6-23-11-21-10-18(23)20(16)26/h9-13,15-16,19-20,25-26H,4-8H2,1-3H3. The van der Waals surface area contributed by atoms with Gasteiger partial charge in [-0.15, -0.1) is 0 Å². The Bertz CT molecular complexity index is 766. The highest BCUT2D eigenvalue weighted by Gasteiger charge is 2.34. The van der Waals surface area contributed by atoms with E-state index in [1.54, 1.807) is 12.5 Å². The smallest absolute Gasteiger partial charge is 0.0987 e. The minimum Gasteiger partial charge on any atom is -0.387 e. The first kappa shape index (κ1) is 17.7. The quantitative estimate of drug-likeness (QED) is 0.881. The molecule has 5 atom stereocenters. The summed E-state index contributed by atoms with van der Waals surface area (Å²) in [5, 5.41) is 26.2. The molecule has 2 aromatic rings. The summed E-state index contributed by atoms with van der Waals surface area (Å²) < 4.78 is 4.03. The van der Waals surface area contributed by atoms with Gasteiger partial charge in [0, 0.05) is 13.1 Å². The van der Waals surface area contributed by atoms with Crippen LogP contribution in [-0.4, -0.2) is 29.5 Å². The van der Waals surface area contributed by atoms with Gasteiger partial charge in [0.15, 0.2) is 0 Å². The second-order valence-corrected chi connectivity index (χ2v) is 8.52. The Labute approximate surface area is 154 Å². The Morgan fingerprint density at radius 2 is 1.81 bits per heavy atom. The lowest BCUT2D eigenvalue weighted by atomic mass is 9.80. The van der Waals surface area contributed by atoms with Crippen LogP contribution in [0.5, 0.6) is 0 Å². The van der Waals surface area contributed by atoms with Gasteiger partial charge in [0.1, 0.15) is 0 Å². The molecule has 2 aromatic heterocycles. The molecule has 0 saturated heterocycles. The van der Waals surface area contributed by atoms with E-state index >= 15 is 0 Å². The molecule has 0 amide bonds. The number of aryl methyl sites for hydroxylation is 2. The SMILES string of the molecule is CC(C)C1CCn2nc(CC(C)C3CCn4cncc4C3O)cc2C1O. The van der Waals surface area contributed by atoms with Crippen LogP contribution in [0.3, 0.4) is 0 Å². The number of hydrogen-bond acceptors (Lipinski definition) is 4. The van der Waals surface area contributed by atoms with Crippen LogP contribution in [0, 0.1) is 23.7 Å². The number of hydrogen-bond donors (Lipinski definition) is 2. The van der Waals surface area contributed by atoms with Gasteiger partial charge in [-0.25, -0.2) is 4.98 Å². The van der Waals surface area contributed by atoms with Gasteiger partial charge in [0.25, 0.3) is 0 Å². The Hall–Kier alpha value is -1.66. The van der Waals surface area contributed by atoms with Crippen molar-refractivity contribution in [3.05, 3.63) is 35.7 Å². The van der Waals surface area contributed by atoms with Crippen molar-refractivity contribution in [2.75, 3.05) is 0 Å². The molecular weight excluding hydrogens is 328 g/mol. The molecule has 6 nitrogen and oxygen atoms in total. The number of nitrogens with zero attached hydrogens (tertiary/aromatic N) is 4. The molecule has 2 aliphatic heterocycles. The van der Waals surface area contributed by atoms with Crippen molar-refractivity contribution in [1.29, 1.82) is 0 Å². The van der Waals surface area contributed by atoms with E-state index < -0.39 is 12.2 Å². The van der Waals surface area contributed by atoms with Gasteiger partial charge in [-0.05, 0) is 49.0 Å². The van der Waals surface area contributed by atoms with Crippen molar-refractivity contribution in [2.24, 2.45) is 23.7 Å². The lowest BCUT2D eigenvalue weighted by Gasteiger charge is -2.33. The van der Waals surface area contributed by atoms with Crippen LogP contribution in [0.2, 0.25) is 0 Å². The second-order valence-electron chi connectivity index (χ2n) is 8.52. The van der Waals surface area contributed by atoms with E-state index in [0.717, 1.165) is 49.4 Å². The summed E-state index contributed by atoms with van der Waals surface area (Å²) in [5.41, 5.74) is 2.91. The largest absolute Gasteiger partial charge is 0.387 e. The van der Waals surface area contributed by atoms with Crippen LogP contribution in [0.4, 0.5) is 0 Å². The molecule has 5 unspecified atom stereocenters. The van der Waals surface area contributed by atoms with E-state index in [1.807, 2.05) is 9.25 Å². The molecule has 4 heterocycles. The van der Waals surface area contributed by atoms with Crippen LogP contribution in [0.1, 0.15) is 62.9 Å². The highest BCUT2D eigenvalue weighted by atomic mass is 16.3. The van der Waals surface area contributed by atoms with Crippen molar-refractivity contribution in [2.45, 2.75) is 65.3 Å². The van der Waals surface area contributed by atoms with Crippen LogP contribution >= 0.6 is 0 Å². The Morgan fingerprint density at radius 3 is 2.58 bits per heavy atom. The van der Waals surface area contributed by atoms with Gasteiger partial charge < -0.3 is 14.8 Å².